The summed E-state index contributed by atoms with van der Waals surface area (Å²) in [5, 5.41) is 5.01. The minimum atomic E-state index is 0.0593. The first-order chi connectivity index (χ1) is 10.7. The van der Waals surface area contributed by atoms with E-state index < -0.39 is 0 Å². The fraction of sp³-hybridized carbons (Fsp3) is 0.294. The Balaban J connectivity index is 1.83. The number of carbonyl (C=O) groups excluding carboxylic acids is 1. The highest BCUT2D eigenvalue weighted by Gasteiger charge is 2.13. The van der Waals surface area contributed by atoms with E-state index in [2.05, 4.69) is 17.2 Å². The van der Waals surface area contributed by atoms with Crippen LogP contribution in [0.5, 0.6) is 0 Å². The van der Waals surface area contributed by atoms with Gasteiger partial charge in [0.25, 0.3) is 0 Å². The molecule has 2 aromatic heterocycles. The molecule has 0 saturated heterocycles. The molecule has 3 rings (SSSR count). The average molecular weight is 313 g/mol. The number of fused-ring (bicyclic) bond motifs is 1. The van der Waals surface area contributed by atoms with E-state index in [4.69, 9.17) is 0 Å². The molecule has 1 N–H and O–H groups in total. The topological polar surface area (TPSA) is 46.4 Å². The largest absolute Gasteiger partial charge is 0.353 e. The lowest BCUT2D eigenvalue weighted by Crippen LogP contribution is -2.33. The van der Waals surface area contributed by atoms with Crippen molar-refractivity contribution in [3.63, 3.8) is 0 Å². The van der Waals surface area contributed by atoms with Crippen LogP contribution in [-0.2, 0) is 11.2 Å². The molecule has 0 aliphatic heterocycles. The fourth-order valence-electron chi connectivity index (χ4n) is 2.30. The maximum atomic E-state index is 12.1. The van der Waals surface area contributed by atoms with Gasteiger partial charge in [-0.1, -0.05) is 37.3 Å². The summed E-state index contributed by atoms with van der Waals surface area (Å²) in [4.78, 5) is 17.6. The van der Waals surface area contributed by atoms with Crippen molar-refractivity contribution in [2.45, 2.75) is 32.7 Å². The van der Waals surface area contributed by atoms with Crippen LogP contribution in [0, 0.1) is 0 Å². The van der Waals surface area contributed by atoms with E-state index in [-0.39, 0.29) is 11.9 Å². The second-order valence-corrected chi connectivity index (χ2v) is 6.26. The molecule has 5 heteroatoms. The Morgan fingerprint density at radius 1 is 1.36 bits per heavy atom. The summed E-state index contributed by atoms with van der Waals surface area (Å²) in [7, 11) is 0. The first-order valence-electron chi connectivity index (χ1n) is 7.47. The number of benzene rings is 1. The van der Waals surface area contributed by atoms with Gasteiger partial charge < -0.3 is 5.32 Å². The second kappa shape index (κ2) is 6.32. The number of aromatic nitrogens is 2. The zero-order valence-electron chi connectivity index (χ0n) is 12.7. The van der Waals surface area contributed by atoms with Gasteiger partial charge in [-0.25, -0.2) is 4.98 Å². The number of thiazole rings is 1. The Labute approximate surface area is 133 Å². The zero-order valence-corrected chi connectivity index (χ0v) is 13.6. The molecular formula is C17H19N3OS. The third-order valence-corrected chi connectivity index (χ3v) is 4.60. The number of hydrogen-bond donors (Lipinski definition) is 1. The zero-order chi connectivity index (χ0) is 15.5. The standard InChI is InChI=1S/C17H19N3OS/c1-3-12(2)18-16(21)9-14-11-22-17-19-15(10-20(14)17)13-7-5-4-6-8-13/h4-8,10-12H,3,9H2,1-2H3,(H,18,21). The highest BCUT2D eigenvalue weighted by atomic mass is 32.1. The average Bonchev–Trinajstić information content (AvgIpc) is 3.10. The Morgan fingerprint density at radius 3 is 2.86 bits per heavy atom. The van der Waals surface area contributed by atoms with Crippen LogP contribution in [0.4, 0.5) is 0 Å². The monoisotopic (exact) mass is 313 g/mol. The van der Waals surface area contributed by atoms with Crippen LogP contribution < -0.4 is 5.32 Å². The number of imidazole rings is 1. The highest BCUT2D eigenvalue weighted by molar-refractivity contribution is 7.15. The van der Waals surface area contributed by atoms with E-state index in [0.29, 0.717) is 6.42 Å². The molecule has 114 valence electrons. The molecule has 0 bridgehead atoms. The first-order valence-corrected chi connectivity index (χ1v) is 8.35. The van der Waals surface area contributed by atoms with E-state index in [1.165, 1.54) is 0 Å². The van der Waals surface area contributed by atoms with Crippen molar-refractivity contribution in [2.75, 3.05) is 0 Å². The van der Waals surface area contributed by atoms with Crippen LogP contribution in [0.3, 0.4) is 0 Å². The smallest absolute Gasteiger partial charge is 0.226 e. The molecule has 1 atom stereocenters. The number of rotatable bonds is 5. The summed E-state index contributed by atoms with van der Waals surface area (Å²) < 4.78 is 2.02. The molecule has 1 aromatic carbocycles. The van der Waals surface area contributed by atoms with Gasteiger partial charge in [-0.3, -0.25) is 9.20 Å². The minimum absolute atomic E-state index is 0.0593. The van der Waals surface area contributed by atoms with Crippen LogP contribution in [-0.4, -0.2) is 21.3 Å². The SMILES string of the molecule is CCC(C)NC(=O)Cc1csc2nc(-c3ccccc3)cn12. The fourth-order valence-corrected chi connectivity index (χ4v) is 3.17. The Kier molecular flexibility index (Phi) is 4.24. The summed E-state index contributed by atoms with van der Waals surface area (Å²) in [6.45, 7) is 4.08. The van der Waals surface area contributed by atoms with Gasteiger partial charge in [0, 0.05) is 28.9 Å². The van der Waals surface area contributed by atoms with Crippen LogP contribution in [0.25, 0.3) is 16.2 Å². The molecule has 0 aliphatic carbocycles. The van der Waals surface area contributed by atoms with E-state index in [9.17, 15) is 4.79 Å². The number of carbonyl (C=O) groups is 1. The van der Waals surface area contributed by atoms with Crippen molar-refractivity contribution in [3.05, 3.63) is 47.6 Å². The van der Waals surface area contributed by atoms with Gasteiger partial charge in [0.2, 0.25) is 5.91 Å². The molecule has 3 aromatic rings. The van der Waals surface area contributed by atoms with Crippen molar-refractivity contribution in [1.29, 1.82) is 0 Å². The third-order valence-electron chi connectivity index (χ3n) is 3.71. The summed E-state index contributed by atoms with van der Waals surface area (Å²) >= 11 is 1.57. The van der Waals surface area contributed by atoms with Gasteiger partial charge in [0.05, 0.1) is 12.1 Å². The van der Waals surface area contributed by atoms with Crippen molar-refractivity contribution >= 4 is 22.2 Å². The van der Waals surface area contributed by atoms with Crippen molar-refractivity contribution < 1.29 is 4.79 Å². The third kappa shape index (κ3) is 3.04. The van der Waals surface area contributed by atoms with E-state index in [0.717, 1.165) is 28.3 Å². The predicted octanol–water partition coefficient (Wildman–Crippen LogP) is 3.52. The number of nitrogens with one attached hydrogen (secondary N) is 1. The van der Waals surface area contributed by atoms with Gasteiger partial charge in [0.1, 0.15) is 0 Å². The maximum absolute atomic E-state index is 12.1. The van der Waals surface area contributed by atoms with Gasteiger partial charge in [0.15, 0.2) is 4.96 Å². The summed E-state index contributed by atoms with van der Waals surface area (Å²) in [5.74, 6) is 0.0593. The van der Waals surface area contributed by atoms with Gasteiger partial charge in [-0.15, -0.1) is 11.3 Å². The lowest BCUT2D eigenvalue weighted by Gasteiger charge is -2.10. The molecule has 1 amide bonds. The molecule has 0 fully saturated rings. The van der Waals surface area contributed by atoms with Crippen LogP contribution in [0.15, 0.2) is 41.9 Å². The highest BCUT2D eigenvalue weighted by Crippen LogP contribution is 2.23. The Bertz CT molecular complexity index is 776. The van der Waals surface area contributed by atoms with Crippen LogP contribution >= 0.6 is 11.3 Å². The van der Waals surface area contributed by atoms with Crippen molar-refractivity contribution in [2.24, 2.45) is 0 Å². The normalized spacial score (nSPS) is 12.5. The van der Waals surface area contributed by atoms with Gasteiger partial charge in [-0.05, 0) is 13.3 Å². The predicted molar refractivity (Wildman–Crippen MR) is 90.1 cm³/mol. The Hall–Kier alpha value is -2.14. The lowest BCUT2D eigenvalue weighted by atomic mass is 10.2. The minimum Gasteiger partial charge on any atom is -0.353 e. The molecule has 1 unspecified atom stereocenters. The molecule has 4 nitrogen and oxygen atoms in total. The molecular weight excluding hydrogens is 294 g/mol. The van der Waals surface area contributed by atoms with Crippen LogP contribution in [0.1, 0.15) is 26.0 Å². The molecule has 0 spiro atoms. The summed E-state index contributed by atoms with van der Waals surface area (Å²) in [6.07, 6.45) is 3.33. The van der Waals surface area contributed by atoms with Crippen molar-refractivity contribution in [3.8, 4) is 11.3 Å². The summed E-state index contributed by atoms with van der Waals surface area (Å²) in [6, 6.07) is 10.3. The number of hydrogen-bond acceptors (Lipinski definition) is 3. The molecule has 2 heterocycles. The second-order valence-electron chi connectivity index (χ2n) is 5.43. The summed E-state index contributed by atoms with van der Waals surface area (Å²) in [5.41, 5.74) is 3.01. The molecule has 0 aliphatic rings. The number of amides is 1. The molecule has 0 saturated carbocycles. The molecule has 22 heavy (non-hydrogen) atoms. The lowest BCUT2D eigenvalue weighted by molar-refractivity contribution is -0.121. The van der Waals surface area contributed by atoms with E-state index >= 15 is 0 Å². The van der Waals surface area contributed by atoms with Gasteiger partial charge >= 0.3 is 0 Å². The van der Waals surface area contributed by atoms with E-state index in [1.807, 2.05) is 53.2 Å². The Morgan fingerprint density at radius 2 is 2.14 bits per heavy atom. The maximum Gasteiger partial charge on any atom is 0.226 e. The quantitative estimate of drug-likeness (QED) is 0.783. The number of nitrogens with zero attached hydrogens (tertiary/aromatic N) is 2. The van der Waals surface area contributed by atoms with E-state index in [1.54, 1.807) is 11.3 Å². The van der Waals surface area contributed by atoms with Gasteiger partial charge in [-0.2, -0.15) is 0 Å². The van der Waals surface area contributed by atoms with Crippen molar-refractivity contribution in [1.82, 2.24) is 14.7 Å². The van der Waals surface area contributed by atoms with Crippen LogP contribution in [0.2, 0.25) is 0 Å². The molecule has 0 radical (unpaired) electrons. The first kappa shape index (κ1) is 14.8.